The summed E-state index contributed by atoms with van der Waals surface area (Å²) in [6, 6.07) is 7.24. The van der Waals surface area contributed by atoms with E-state index in [-0.39, 0.29) is 18.0 Å². The minimum atomic E-state index is -1.26. The van der Waals surface area contributed by atoms with Crippen LogP contribution in [-0.2, 0) is 30.3 Å². The maximum absolute atomic E-state index is 12.6. The molecule has 12 nitrogen and oxygen atoms in total. The maximum atomic E-state index is 12.6. The van der Waals surface area contributed by atoms with Crippen LogP contribution in [0.2, 0.25) is 0 Å². The second-order valence-corrected chi connectivity index (χ2v) is 10.9. The maximum Gasteiger partial charge on any atom is 0.329 e. The monoisotopic (exact) mass is 601 g/mol. The Morgan fingerprint density at radius 1 is 1.21 bits per heavy atom. The fourth-order valence-corrected chi connectivity index (χ4v) is 4.62. The lowest BCUT2D eigenvalue weighted by Gasteiger charge is -2.25. The van der Waals surface area contributed by atoms with Crippen LogP contribution in [-0.4, -0.2) is 70.3 Å². The van der Waals surface area contributed by atoms with E-state index < -0.39 is 23.3 Å². The molecular formula is C26H32BrN7O5. The number of rotatable bonds is 12. The summed E-state index contributed by atoms with van der Waals surface area (Å²) in [4.78, 5) is 58.2. The lowest BCUT2D eigenvalue weighted by Crippen LogP contribution is -2.46. The summed E-state index contributed by atoms with van der Waals surface area (Å²) >= 11 is 3.43. The normalized spacial score (nSPS) is 18.0. The molecule has 1 aromatic carbocycles. The van der Waals surface area contributed by atoms with Gasteiger partial charge in [-0.15, -0.1) is 0 Å². The molecule has 0 aliphatic carbocycles. The third-order valence-electron chi connectivity index (χ3n) is 6.83. The lowest BCUT2D eigenvalue weighted by molar-refractivity contribution is -0.157. The predicted octanol–water partition coefficient (Wildman–Crippen LogP) is 1.87. The summed E-state index contributed by atoms with van der Waals surface area (Å²) in [6.45, 7) is 4.37. The van der Waals surface area contributed by atoms with Gasteiger partial charge in [-0.25, -0.2) is 9.78 Å². The van der Waals surface area contributed by atoms with Gasteiger partial charge < -0.3 is 31.3 Å². The molecular weight excluding hydrogens is 570 g/mol. The number of esters is 1. The van der Waals surface area contributed by atoms with Gasteiger partial charge >= 0.3 is 5.97 Å². The van der Waals surface area contributed by atoms with Gasteiger partial charge in [-0.3, -0.25) is 14.4 Å². The number of carbonyl (C=O) groups is 4. The molecule has 2 aromatic rings. The number of halogens is 1. The first kappa shape index (κ1) is 28.3. The molecule has 2 aliphatic rings. The molecule has 0 radical (unpaired) electrons. The van der Waals surface area contributed by atoms with Crippen molar-refractivity contribution in [2.24, 2.45) is 11.1 Å². The van der Waals surface area contributed by atoms with Crippen LogP contribution in [0.25, 0.3) is 0 Å². The van der Waals surface area contributed by atoms with Crippen LogP contribution < -0.4 is 21.7 Å². The highest BCUT2D eigenvalue weighted by Crippen LogP contribution is 2.29. The first-order valence-electron chi connectivity index (χ1n) is 12.7. The van der Waals surface area contributed by atoms with Gasteiger partial charge in [0.15, 0.2) is 0 Å². The van der Waals surface area contributed by atoms with Crippen molar-refractivity contribution in [1.29, 1.82) is 0 Å². The van der Waals surface area contributed by atoms with Crippen LogP contribution >= 0.6 is 15.9 Å². The minimum absolute atomic E-state index is 0.0264. The zero-order valence-electron chi connectivity index (χ0n) is 21.8. The predicted molar refractivity (Wildman–Crippen MR) is 147 cm³/mol. The number of amides is 3. The Balaban J connectivity index is 1.22. The number of benzene rings is 1. The molecule has 1 aromatic heterocycles. The Kier molecular flexibility index (Phi) is 8.68. The fraction of sp³-hybridized carbons (Fsp3) is 0.462. The van der Waals surface area contributed by atoms with Crippen LogP contribution in [0, 0.1) is 5.41 Å². The summed E-state index contributed by atoms with van der Waals surface area (Å²) in [7, 11) is 0. The largest absolute Gasteiger partial charge is 0.459 e. The second kappa shape index (κ2) is 12.0. The topological polar surface area (TPSA) is 169 Å². The van der Waals surface area contributed by atoms with Crippen LogP contribution in [0.3, 0.4) is 0 Å². The number of nitrogens with one attached hydrogen (secondary N) is 3. The van der Waals surface area contributed by atoms with Crippen LogP contribution in [0.5, 0.6) is 0 Å². The summed E-state index contributed by atoms with van der Waals surface area (Å²) in [6.07, 6.45) is 3.60. The van der Waals surface area contributed by atoms with Gasteiger partial charge in [0, 0.05) is 37.8 Å². The molecule has 3 heterocycles. The number of ether oxygens (including phenoxy) is 1. The number of aryl methyl sites for hydroxylation is 1. The zero-order chi connectivity index (χ0) is 28.2. The molecule has 5 N–H and O–H groups in total. The van der Waals surface area contributed by atoms with Crippen LogP contribution in [0.4, 0.5) is 17.5 Å². The number of hydrogen-bond donors (Lipinski definition) is 4. The van der Waals surface area contributed by atoms with Gasteiger partial charge in [-0.1, -0.05) is 12.1 Å². The van der Waals surface area contributed by atoms with Crippen molar-refractivity contribution < 1.29 is 23.9 Å². The van der Waals surface area contributed by atoms with E-state index in [1.807, 2.05) is 24.3 Å². The molecule has 3 amide bonds. The van der Waals surface area contributed by atoms with E-state index in [2.05, 4.69) is 41.8 Å². The summed E-state index contributed by atoms with van der Waals surface area (Å²) in [5, 5.41) is 9.08. The Labute approximate surface area is 234 Å². The number of primary amides is 1. The quantitative estimate of drug-likeness (QED) is 0.161. The Morgan fingerprint density at radius 2 is 1.95 bits per heavy atom. The van der Waals surface area contributed by atoms with Crippen LogP contribution in [0.15, 0.2) is 34.9 Å². The fourth-order valence-electron chi connectivity index (χ4n) is 4.28. The number of anilines is 3. The van der Waals surface area contributed by atoms with Gasteiger partial charge in [-0.2, -0.15) is 4.98 Å². The highest BCUT2D eigenvalue weighted by atomic mass is 79.9. The number of hydrogen-bond acceptors (Lipinski definition) is 9. The molecule has 13 heteroatoms. The number of morpholine rings is 1. The first-order chi connectivity index (χ1) is 18.5. The Morgan fingerprint density at radius 3 is 2.62 bits per heavy atom. The van der Waals surface area contributed by atoms with Crippen LogP contribution in [0.1, 0.15) is 38.7 Å². The second-order valence-electron chi connectivity index (χ2n) is 10.1. The standard InChI is InChI=1S/C26H32BrN7O5/c1-26(2,23(28)37)24(38)30-11-3-10-29-21-18(27)13-31-25(33-21)32-16-7-4-15(5-8-16)6-9-20(35)34-14-17-12-19(34)22(36)39-17/h4-5,7-8,13,17,19H,3,6,9-12,14H2,1-2H3,(H2,28,37)(H,30,38)(H2,29,31,32,33)/t17-,19-/m0/s1. The third-order valence-corrected chi connectivity index (χ3v) is 7.42. The van der Waals surface area contributed by atoms with E-state index in [0.717, 1.165) is 11.3 Å². The van der Waals surface area contributed by atoms with E-state index in [4.69, 9.17) is 10.5 Å². The van der Waals surface area contributed by atoms with Crippen molar-refractivity contribution >= 4 is 57.1 Å². The molecule has 39 heavy (non-hydrogen) atoms. The highest BCUT2D eigenvalue weighted by molar-refractivity contribution is 9.10. The van der Waals surface area contributed by atoms with Gasteiger partial charge in [0.05, 0.1) is 11.0 Å². The van der Waals surface area contributed by atoms with Crippen molar-refractivity contribution in [2.75, 3.05) is 30.3 Å². The minimum Gasteiger partial charge on any atom is -0.459 e. The molecule has 2 saturated heterocycles. The molecule has 0 spiro atoms. The zero-order valence-corrected chi connectivity index (χ0v) is 23.4. The molecule has 4 rings (SSSR count). The van der Waals surface area contributed by atoms with E-state index >= 15 is 0 Å². The van der Waals surface area contributed by atoms with Gasteiger partial charge in [-0.05, 0) is 60.3 Å². The SMILES string of the molecule is CC(C)(C(N)=O)C(=O)NCCCNc1nc(Nc2ccc(CCC(=O)N3C[C@@H]4C[C@H]3C(=O)O4)cc2)ncc1Br. The van der Waals surface area contributed by atoms with Gasteiger partial charge in [0.2, 0.25) is 23.7 Å². The van der Waals surface area contributed by atoms with Gasteiger partial charge in [0.1, 0.15) is 23.4 Å². The number of fused-ring (bicyclic) bond motifs is 2. The average Bonchev–Trinajstić information content (AvgIpc) is 3.49. The smallest absolute Gasteiger partial charge is 0.329 e. The number of likely N-dealkylation sites (tertiary alicyclic amines) is 1. The molecule has 0 unspecified atom stereocenters. The average molecular weight is 602 g/mol. The van der Waals surface area contributed by atoms with Crippen molar-refractivity contribution in [2.45, 2.75) is 51.7 Å². The highest BCUT2D eigenvalue weighted by Gasteiger charge is 2.48. The molecule has 2 aliphatic heterocycles. The van der Waals surface area contributed by atoms with Crippen molar-refractivity contribution in [3.05, 3.63) is 40.5 Å². The Hall–Kier alpha value is -3.74. The van der Waals surface area contributed by atoms with Crippen molar-refractivity contribution in [3.63, 3.8) is 0 Å². The molecule has 2 bridgehead atoms. The number of nitrogens with zero attached hydrogens (tertiary/aromatic N) is 3. The van der Waals surface area contributed by atoms with E-state index in [0.29, 0.717) is 61.6 Å². The van der Waals surface area contributed by atoms with Crippen molar-refractivity contribution in [3.8, 4) is 0 Å². The first-order valence-corrected chi connectivity index (χ1v) is 13.5. The molecule has 2 atom stereocenters. The summed E-state index contributed by atoms with van der Waals surface area (Å²) in [5.41, 5.74) is 5.80. The Bertz CT molecular complexity index is 1250. The van der Waals surface area contributed by atoms with Gasteiger partial charge in [0.25, 0.3) is 0 Å². The van der Waals surface area contributed by atoms with E-state index in [1.54, 1.807) is 11.1 Å². The number of carbonyl (C=O) groups excluding carboxylic acids is 4. The lowest BCUT2D eigenvalue weighted by atomic mass is 9.91. The van der Waals surface area contributed by atoms with E-state index in [1.165, 1.54) is 13.8 Å². The number of aromatic nitrogens is 2. The number of nitrogens with two attached hydrogens (primary N) is 1. The molecule has 0 saturated carbocycles. The van der Waals surface area contributed by atoms with Crippen molar-refractivity contribution in [1.82, 2.24) is 20.2 Å². The third kappa shape index (κ3) is 6.83. The summed E-state index contributed by atoms with van der Waals surface area (Å²) < 4.78 is 5.84. The summed E-state index contributed by atoms with van der Waals surface area (Å²) in [5.74, 6) is -0.416. The molecule has 208 valence electrons. The van der Waals surface area contributed by atoms with E-state index in [9.17, 15) is 19.2 Å². The molecule has 2 fully saturated rings.